The van der Waals surface area contributed by atoms with Crippen LogP contribution in [0.5, 0.6) is 11.5 Å². The van der Waals surface area contributed by atoms with Gasteiger partial charge in [0.15, 0.2) is 0 Å². The Morgan fingerprint density at radius 2 is 1.96 bits per heavy atom. The number of benzene rings is 2. The van der Waals surface area contributed by atoms with Gasteiger partial charge in [-0.2, -0.15) is 0 Å². The monoisotopic (exact) mass is 378 g/mol. The first-order chi connectivity index (χ1) is 13.6. The molecule has 144 valence electrons. The van der Waals surface area contributed by atoms with Gasteiger partial charge in [0.05, 0.1) is 5.57 Å². The zero-order valence-corrected chi connectivity index (χ0v) is 15.7. The molecular weight excluding hydrogens is 355 g/mol. The standard InChI is InChI=1S/C23H23FN2O2/c1-2-16-7-6-10-20(22(25)13-16)23(27)26-15-17-14-19(11-12-21(17)24)28-18-8-4-3-5-9-18/h3-12,14H,2,13,15,25H2,1H3,(H,26,27). The fourth-order valence-electron chi connectivity index (χ4n) is 2.90. The maximum Gasteiger partial charge on any atom is 0.253 e. The lowest BCUT2D eigenvalue weighted by atomic mass is 10.1. The zero-order valence-electron chi connectivity index (χ0n) is 15.7. The molecule has 0 bridgehead atoms. The Morgan fingerprint density at radius 1 is 1.18 bits per heavy atom. The molecule has 0 saturated heterocycles. The third-order valence-corrected chi connectivity index (χ3v) is 4.49. The Hall–Kier alpha value is -3.34. The van der Waals surface area contributed by atoms with Crippen LogP contribution in [-0.4, -0.2) is 5.91 Å². The first-order valence-corrected chi connectivity index (χ1v) is 9.21. The summed E-state index contributed by atoms with van der Waals surface area (Å²) in [6, 6.07) is 13.7. The van der Waals surface area contributed by atoms with Gasteiger partial charge in [0, 0.05) is 24.2 Å². The lowest BCUT2D eigenvalue weighted by Gasteiger charge is -2.11. The number of hydrogen-bond donors (Lipinski definition) is 2. The Bertz CT molecular complexity index is 946. The van der Waals surface area contributed by atoms with E-state index < -0.39 is 5.82 Å². The van der Waals surface area contributed by atoms with E-state index in [0.29, 0.717) is 34.8 Å². The molecule has 2 aromatic carbocycles. The molecule has 2 aromatic rings. The summed E-state index contributed by atoms with van der Waals surface area (Å²) in [6.07, 6.45) is 6.92. The highest BCUT2D eigenvalue weighted by atomic mass is 19.1. The average molecular weight is 378 g/mol. The number of carbonyl (C=O) groups excluding carboxylic acids is 1. The van der Waals surface area contributed by atoms with Crippen LogP contribution in [0.1, 0.15) is 25.3 Å². The second-order valence-electron chi connectivity index (χ2n) is 6.50. The minimum absolute atomic E-state index is 0.0370. The number of rotatable bonds is 6. The minimum atomic E-state index is -0.408. The highest BCUT2D eigenvalue weighted by Crippen LogP contribution is 2.24. The molecule has 1 aliphatic carbocycles. The highest BCUT2D eigenvalue weighted by Gasteiger charge is 2.14. The third-order valence-electron chi connectivity index (χ3n) is 4.49. The molecule has 3 N–H and O–H groups in total. The summed E-state index contributed by atoms with van der Waals surface area (Å²) in [4.78, 5) is 12.5. The highest BCUT2D eigenvalue weighted by molar-refractivity contribution is 5.97. The van der Waals surface area contributed by atoms with Crippen LogP contribution in [0.2, 0.25) is 0 Å². The Balaban J connectivity index is 1.69. The number of nitrogens with one attached hydrogen (secondary N) is 1. The van der Waals surface area contributed by atoms with Crippen LogP contribution < -0.4 is 15.8 Å². The quantitative estimate of drug-likeness (QED) is 0.763. The van der Waals surface area contributed by atoms with Crippen LogP contribution in [0, 0.1) is 5.82 Å². The number of halogens is 1. The summed E-state index contributed by atoms with van der Waals surface area (Å²) in [5.74, 6) is 0.425. The van der Waals surface area contributed by atoms with Gasteiger partial charge in [-0.15, -0.1) is 0 Å². The maximum absolute atomic E-state index is 14.2. The van der Waals surface area contributed by atoms with E-state index in [1.165, 1.54) is 6.07 Å². The van der Waals surface area contributed by atoms with Crippen molar-refractivity contribution in [2.45, 2.75) is 26.3 Å². The van der Waals surface area contributed by atoms with Crippen LogP contribution >= 0.6 is 0 Å². The van der Waals surface area contributed by atoms with Crippen molar-refractivity contribution in [3.8, 4) is 11.5 Å². The van der Waals surface area contributed by atoms with Crippen molar-refractivity contribution < 1.29 is 13.9 Å². The topological polar surface area (TPSA) is 64.3 Å². The largest absolute Gasteiger partial charge is 0.457 e. The third kappa shape index (κ3) is 4.88. The van der Waals surface area contributed by atoms with Gasteiger partial charge in [-0.25, -0.2) is 4.39 Å². The van der Waals surface area contributed by atoms with Crippen molar-refractivity contribution in [2.75, 3.05) is 0 Å². The SMILES string of the molecule is CCC1=CC=CC(C(=O)NCc2cc(Oc3ccccc3)ccc2F)=C(N)C1. The van der Waals surface area contributed by atoms with Crippen LogP contribution in [0.15, 0.2) is 83.6 Å². The lowest BCUT2D eigenvalue weighted by molar-refractivity contribution is -0.117. The predicted octanol–water partition coefficient (Wildman–Crippen LogP) is 4.74. The normalized spacial score (nSPS) is 13.7. The van der Waals surface area contributed by atoms with Gasteiger partial charge >= 0.3 is 0 Å². The minimum Gasteiger partial charge on any atom is -0.457 e. The summed E-state index contributed by atoms with van der Waals surface area (Å²) in [6.45, 7) is 2.08. The molecule has 0 atom stereocenters. The van der Waals surface area contributed by atoms with Crippen molar-refractivity contribution >= 4 is 5.91 Å². The number of carbonyl (C=O) groups is 1. The smallest absolute Gasteiger partial charge is 0.253 e. The average Bonchev–Trinajstić information content (AvgIpc) is 2.90. The molecule has 0 fully saturated rings. The summed E-state index contributed by atoms with van der Waals surface area (Å²) < 4.78 is 19.9. The number of hydrogen-bond acceptors (Lipinski definition) is 3. The molecule has 1 amide bonds. The molecule has 0 saturated carbocycles. The van der Waals surface area contributed by atoms with Gasteiger partial charge < -0.3 is 15.8 Å². The molecule has 3 rings (SSSR count). The van der Waals surface area contributed by atoms with Gasteiger partial charge in [-0.1, -0.05) is 42.8 Å². The van der Waals surface area contributed by atoms with Gasteiger partial charge in [0.2, 0.25) is 0 Å². The fraction of sp³-hybridized carbons (Fsp3) is 0.174. The molecule has 0 heterocycles. The van der Waals surface area contributed by atoms with E-state index in [1.54, 1.807) is 18.2 Å². The number of amides is 1. The van der Waals surface area contributed by atoms with E-state index in [-0.39, 0.29) is 12.5 Å². The van der Waals surface area contributed by atoms with Gasteiger partial charge in [-0.3, -0.25) is 4.79 Å². The first-order valence-electron chi connectivity index (χ1n) is 9.21. The van der Waals surface area contributed by atoms with Crippen molar-refractivity contribution in [1.29, 1.82) is 0 Å². The second-order valence-corrected chi connectivity index (χ2v) is 6.50. The van der Waals surface area contributed by atoms with Crippen molar-refractivity contribution in [3.05, 3.63) is 95.0 Å². The number of nitrogens with two attached hydrogens (primary N) is 1. The van der Waals surface area contributed by atoms with E-state index in [0.717, 1.165) is 12.0 Å². The second kappa shape index (κ2) is 9.04. The maximum atomic E-state index is 14.2. The summed E-state index contributed by atoms with van der Waals surface area (Å²) in [5, 5.41) is 2.74. The first kappa shape index (κ1) is 19.4. The van der Waals surface area contributed by atoms with Crippen molar-refractivity contribution in [1.82, 2.24) is 5.32 Å². The lowest BCUT2D eigenvalue weighted by Crippen LogP contribution is -2.26. The molecule has 0 spiro atoms. The van der Waals surface area contributed by atoms with Crippen molar-refractivity contribution in [2.24, 2.45) is 5.73 Å². The number of allylic oxidation sites excluding steroid dienone is 3. The molecule has 5 heteroatoms. The summed E-state index contributed by atoms with van der Waals surface area (Å²) in [5.41, 5.74) is 8.52. The predicted molar refractivity (Wildman–Crippen MR) is 108 cm³/mol. The molecular formula is C23H23FN2O2. The number of ether oxygens (including phenoxy) is 1. The van der Waals surface area contributed by atoms with Crippen LogP contribution in [0.3, 0.4) is 0 Å². The number of para-hydroxylation sites is 1. The van der Waals surface area contributed by atoms with E-state index in [4.69, 9.17) is 10.5 Å². The van der Waals surface area contributed by atoms with E-state index in [9.17, 15) is 9.18 Å². The van der Waals surface area contributed by atoms with Crippen LogP contribution in [0.25, 0.3) is 0 Å². The van der Waals surface area contributed by atoms with Crippen molar-refractivity contribution in [3.63, 3.8) is 0 Å². The molecule has 0 radical (unpaired) electrons. The molecule has 0 aromatic heterocycles. The molecule has 0 unspecified atom stereocenters. The van der Waals surface area contributed by atoms with Gasteiger partial charge in [-0.05, 0) is 42.8 Å². The molecule has 1 aliphatic rings. The molecule has 0 aliphatic heterocycles. The van der Waals surface area contributed by atoms with Crippen LogP contribution in [-0.2, 0) is 11.3 Å². The fourth-order valence-corrected chi connectivity index (χ4v) is 2.90. The summed E-state index contributed by atoms with van der Waals surface area (Å²) >= 11 is 0. The Morgan fingerprint density at radius 3 is 2.71 bits per heavy atom. The van der Waals surface area contributed by atoms with E-state index >= 15 is 0 Å². The van der Waals surface area contributed by atoms with Crippen LogP contribution in [0.4, 0.5) is 4.39 Å². The summed E-state index contributed by atoms with van der Waals surface area (Å²) in [7, 11) is 0. The molecule has 28 heavy (non-hydrogen) atoms. The Kier molecular flexibility index (Phi) is 6.27. The zero-order chi connectivity index (χ0) is 19.9. The molecule has 4 nitrogen and oxygen atoms in total. The van der Waals surface area contributed by atoms with E-state index in [1.807, 2.05) is 49.4 Å². The Labute approximate surface area is 164 Å². The van der Waals surface area contributed by atoms with Gasteiger partial charge in [0.25, 0.3) is 5.91 Å². The van der Waals surface area contributed by atoms with E-state index in [2.05, 4.69) is 5.32 Å². The van der Waals surface area contributed by atoms with Gasteiger partial charge in [0.1, 0.15) is 17.3 Å².